The highest BCUT2D eigenvalue weighted by atomic mass is 16.5. The summed E-state index contributed by atoms with van der Waals surface area (Å²) in [5, 5.41) is 0. The minimum atomic E-state index is 0.616. The minimum Gasteiger partial charge on any atom is -0.428 e. The van der Waals surface area contributed by atoms with Gasteiger partial charge in [-0.1, -0.05) is 6.08 Å². The third kappa shape index (κ3) is 0.416. The van der Waals surface area contributed by atoms with Gasteiger partial charge in [0.2, 0.25) is 0 Å². The Bertz CT molecular complexity index is 94.7. The van der Waals surface area contributed by atoms with Gasteiger partial charge in [-0.3, -0.25) is 0 Å². The van der Waals surface area contributed by atoms with E-state index in [1.807, 2.05) is 0 Å². The molecule has 38 valence electrons. The third-order valence-corrected chi connectivity index (χ3v) is 1.72. The summed E-state index contributed by atoms with van der Waals surface area (Å²) in [4.78, 5) is 0. The van der Waals surface area contributed by atoms with Crippen molar-refractivity contribution < 1.29 is 4.74 Å². The maximum absolute atomic E-state index is 4.32. The molecule has 1 nitrogen and oxygen atoms in total. The molecule has 1 saturated heterocycles. The summed E-state index contributed by atoms with van der Waals surface area (Å²) in [6.45, 7) is 1.10. The maximum atomic E-state index is 4.32. The van der Waals surface area contributed by atoms with Crippen LogP contribution in [-0.4, -0.2) is 17.4 Å². The lowest BCUT2D eigenvalue weighted by atomic mass is 10.2. The summed E-state index contributed by atoms with van der Waals surface area (Å²) in [5.74, 6) is 0.824. The van der Waals surface area contributed by atoms with Crippen molar-refractivity contribution in [2.75, 3.05) is 6.61 Å². The minimum absolute atomic E-state index is 0.616. The summed E-state index contributed by atoms with van der Waals surface area (Å²) < 4.78 is 4.32. The first-order valence-corrected chi connectivity index (χ1v) is 2.80. The van der Waals surface area contributed by atoms with Crippen molar-refractivity contribution in [3.8, 4) is 0 Å². The van der Waals surface area contributed by atoms with Crippen LogP contribution in [0.25, 0.3) is 0 Å². The average Bonchev–Trinajstić information content (AvgIpc) is 2.22. The van der Waals surface area contributed by atoms with Gasteiger partial charge in [-0.15, -0.1) is 0 Å². The van der Waals surface area contributed by atoms with E-state index < -0.39 is 0 Å². The molecule has 0 aromatic carbocycles. The molecule has 1 heteroatoms. The Morgan fingerprint density at radius 3 is 2.57 bits per heavy atom. The van der Waals surface area contributed by atoms with Crippen LogP contribution in [0.1, 0.15) is 6.42 Å². The van der Waals surface area contributed by atoms with Crippen molar-refractivity contribution in [1.82, 2.24) is 0 Å². The molecule has 1 aliphatic heterocycles. The molecule has 0 amide bonds. The van der Waals surface area contributed by atoms with Gasteiger partial charge in [0.15, 0.2) is 12.7 Å². The summed E-state index contributed by atoms with van der Waals surface area (Å²) in [6, 6.07) is 0. The molecule has 2 aliphatic rings. The van der Waals surface area contributed by atoms with Crippen LogP contribution in [0.3, 0.4) is 0 Å². The topological polar surface area (TPSA) is 12.8 Å². The molecule has 0 radical (unpaired) electrons. The molecule has 2 rings (SSSR count). The fourth-order valence-electron chi connectivity index (χ4n) is 1.29. The molecular weight excluding hydrogens is 88.1 g/mol. The monoisotopic (exact) mass is 97.1 g/mol. The molecule has 7 heavy (non-hydrogen) atoms. The first-order chi connectivity index (χ1) is 3.45. The van der Waals surface area contributed by atoms with Gasteiger partial charge in [0.05, 0.1) is 5.92 Å². The maximum Gasteiger partial charge on any atom is 0.174 e. The molecule has 0 aromatic heterocycles. The zero-order valence-corrected chi connectivity index (χ0v) is 4.17. The van der Waals surface area contributed by atoms with Gasteiger partial charge < -0.3 is 4.74 Å². The molecule has 2 unspecified atom stereocenters. The van der Waals surface area contributed by atoms with Gasteiger partial charge in [-0.25, -0.2) is 0 Å². The summed E-state index contributed by atoms with van der Waals surface area (Å²) in [7, 11) is 0. The Balaban J connectivity index is 2.27. The van der Waals surface area contributed by atoms with Gasteiger partial charge >= 0.3 is 0 Å². The first kappa shape index (κ1) is 3.67. The van der Waals surface area contributed by atoms with Crippen molar-refractivity contribution in [2.24, 2.45) is 5.92 Å². The number of rotatable bonds is 0. The quantitative estimate of drug-likeness (QED) is 0.308. The highest BCUT2D eigenvalue weighted by Gasteiger charge is 2.31. The molecule has 1 aliphatic carbocycles. The SMILES string of the molecule is C1=CC2CC1C[OH+]2. The zero-order valence-electron chi connectivity index (χ0n) is 4.17. The van der Waals surface area contributed by atoms with E-state index in [-0.39, 0.29) is 0 Å². The highest BCUT2D eigenvalue weighted by molar-refractivity contribution is 5.06. The molecular formula is C6H9O+. The predicted molar refractivity (Wildman–Crippen MR) is 28.1 cm³/mol. The lowest BCUT2D eigenvalue weighted by Gasteiger charge is -1.97. The lowest BCUT2D eigenvalue weighted by Crippen LogP contribution is -2.05. The van der Waals surface area contributed by atoms with E-state index in [9.17, 15) is 0 Å². The largest absolute Gasteiger partial charge is 0.428 e. The summed E-state index contributed by atoms with van der Waals surface area (Å²) in [6.07, 6.45) is 6.43. The number of aliphatic hydroxyl groups is 2. The van der Waals surface area contributed by atoms with Gasteiger partial charge in [-0.05, 0) is 6.08 Å². The van der Waals surface area contributed by atoms with E-state index in [4.69, 9.17) is 0 Å². The standard InChI is InChI=1S/C6H8O/c1-2-6-3-5(1)4-7-6/h1-2,5-6H,3-4H2/p+1. The van der Waals surface area contributed by atoms with Crippen LogP contribution in [-0.2, 0) is 0 Å². The average molecular weight is 97.1 g/mol. The number of hydrogen-bond acceptors (Lipinski definition) is 0. The van der Waals surface area contributed by atoms with E-state index in [1.54, 1.807) is 0 Å². The second-order valence-corrected chi connectivity index (χ2v) is 2.31. The Labute approximate surface area is 43.0 Å². The Morgan fingerprint density at radius 1 is 1.43 bits per heavy atom. The van der Waals surface area contributed by atoms with E-state index in [0.717, 1.165) is 12.5 Å². The van der Waals surface area contributed by atoms with Gasteiger partial charge in [0.25, 0.3) is 0 Å². The van der Waals surface area contributed by atoms with Crippen LogP contribution in [0, 0.1) is 5.92 Å². The second-order valence-electron chi connectivity index (χ2n) is 2.31. The van der Waals surface area contributed by atoms with Crippen LogP contribution in [0.2, 0.25) is 0 Å². The Hall–Kier alpha value is -0.300. The number of hydrogen-bond donors (Lipinski definition) is 0. The Morgan fingerprint density at radius 2 is 2.43 bits per heavy atom. The number of ether oxygens (including phenoxy) is 1. The van der Waals surface area contributed by atoms with Crippen molar-refractivity contribution in [3.63, 3.8) is 0 Å². The molecule has 1 heterocycles. The van der Waals surface area contributed by atoms with Crippen LogP contribution >= 0.6 is 0 Å². The first-order valence-electron chi connectivity index (χ1n) is 2.80. The second kappa shape index (κ2) is 1.10. The summed E-state index contributed by atoms with van der Waals surface area (Å²) in [5.41, 5.74) is 0. The number of fused-ring (bicyclic) bond motifs is 2. The Kier molecular flexibility index (Phi) is 0.577. The molecule has 2 atom stereocenters. The van der Waals surface area contributed by atoms with Gasteiger partial charge in [0, 0.05) is 6.42 Å². The molecule has 2 bridgehead atoms. The van der Waals surface area contributed by atoms with E-state index in [1.165, 1.54) is 6.42 Å². The lowest BCUT2D eigenvalue weighted by molar-refractivity contribution is -0.0410. The normalized spacial score (nSPS) is 45.7. The van der Waals surface area contributed by atoms with Crippen molar-refractivity contribution in [1.29, 1.82) is 0 Å². The van der Waals surface area contributed by atoms with Crippen molar-refractivity contribution in [3.05, 3.63) is 12.2 Å². The fourth-order valence-corrected chi connectivity index (χ4v) is 1.29. The summed E-state index contributed by atoms with van der Waals surface area (Å²) >= 11 is 0. The molecule has 0 saturated carbocycles. The van der Waals surface area contributed by atoms with Crippen LogP contribution in [0.4, 0.5) is 0 Å². The predicted octanol–water partition coefficient (Wildman–Crippen LogP) is 0.473. The van der Waals surface area contributed by atoms with E-state index >= 15 is 0 Å². The van der Waals surface area contributed by atoms with E-state index in [0.29, 0.717) is 6.10 Å². The van der Waals surface area contributed by atoms with Crippen molar-refractivity contribution >= 4 is 0 Å². The van der Waals surface area contributed by atoms with E-state index in [2.05, 4.69) is 16.9 Å². The fraction of sp³-hybridized carbons (Fsp3) is 0.667. The molecule has 0 aromatic rings. The van der Waals surface area contributed by atoms with Gasteiger partial charge in [0.1, 0.15) is 0 Å². The van der Waals surface area contributed by atoms with Gasteiger partial charge in [-0.2, -0.15) is 0 Å². The molecule has 1 N–H and O–H groups in total. The smallest absolute Gasteiger partial charge is 0.174 e. The van der Waals surface area contributed by atoms with Crippen LogP contribution in [0.5, 0.6) is 0 Å². The van der Waals surface area contributed by atoms with Crippen molar-refractivity contribution in [2.45, 2.75) is 12.5 Å². The molecule has 0 spiro atoms. The highest BCUT2D eigenvalue weighted by Crippen LogP contribution is 2.25. The van der Waals surface area contributed by atoms with Crippen LogP contribution in [0.15, 0.2) is 12.2 Å². The third-order valence-electron chi connectivity index (χ3n) is 1.72. The zero-order chi connectivity index (χ0) is 4.69. The van der Waals surface area contributed by atoms with Crippen LogP contribution < -0.4 is 0 Å². The molecule has 1 fully saturated rings.